The van der Waals surface area contributed by atoms with Crippen LogP contribution in [0.4, 0.5) is 10.8 Å². The van der Waals surface area contributed by atoms with Crippen molar-refractivity contribution in [1.29, 1.82) is 0 Å². The summed E-state index contributed by atoms with van der Waals surface area (Å²) in [6.07, 6.45) is 3.14. The fourth-order valence-corrected chi connectivity index (χ4v) is 4.70. The van der Waals surface area contributed by atoms with E-state index in [0.29, 0.717) is 22.8 Å². The number of aryl methyl sites for hydroxylation is 1. The van der Waals surface area contributed by atoms with Crippen molar-refractivity contribution in [1.82, 2.24) is 4.98 Å². The third kappa shape index (κ3) is 4.88. The van der Waals surface area contributed by atoms with Crippen LogP contribution >= 0.6 is 11.3 Å². The minimum absolute atomic E-state index is 0.0750. The number of rotatable bonds is 8. The van der Waals surface area contributed by atoms with Gasteiger partial charge in [0.1, 0.15) is 0 Å². The third-order valence-corrected chi connectivity index (χ3v) is 6.48. The molecule has 3 aromatic rings. The largest absolute Gasteiger partial charge is 0.302 e. The summed E-state index contributed by atoms with van der Waals surface area (Å²) in [6, 6.07) is 12.1. The summed E-state index contributed by atoms with van der Waals surface area (Å²) in [7, 11) is -3.68. The SMILES string of the molecule is CCCC(=O)Nc1nc2cc(NS(=O)(=O)c3ccc(CCC)cc3)ccc2s1. The Morgan fingerprint density at radius 1 is 1.07 bits per heavy atom. The number of carbonyl (C=O) groups excluding carboxylic acids is 1. The number of fused-ring (bicyclic) bond motifs is 1. The van der Waals surface area contributed by atoms with E-state index in [1.165, 1.54) is 11.3 Å². The Bertz CT molecular complexity index is 1070. The number of hydrogen-bond acceptors (Lipinski definition) is 5. The van der Waals surface area contributed by atoms with E-state index in [9.17, 15) is 13.2 Å². The Kier molecular flexibility index (Phi) is 6.31. The van der Waals surface area contributed by atoms with Gasteiger partial charge in [0.2, 0.25) is 5.91 Å². The number of nitrogens with one attached hydrogen (secondary N) is 2. The maximum atomic E-state index is 12.6. The van der Waals surface area contributed by atoms with Gasteiger partial charge in [0.05, 0.1) is 20.8 Å². The maximum absolute atomic E-state index is 12.6. The summed E-state index contributed by atoms with van der Waals surface area (Å²) < 4.78 is 28.8. The summed E-state index contributed by atoms with van der Waals surface area (Å²) in [4.78, 5) is 16.3. The van der Waals surface area contributed by atoms with Gasteiger partial charge in [-0.15, -0.1) is 0 Å². The lowest BCUT2D eigenvalue weighted by molar-refractivity contribution is -0.116. The predicted octanol–water partition coefficient (Wildman–Crippen LogP) is 4.79. The topological polar surface area (TPSA) is 88.2 Å². The summed E-state index contributed by atoms with van der Waals surface area (Å²) in [5.74, 6) is -0.0750. The molecule has 0 aliphatic carbocycles. The van der Waals surface area contributed by atoms with Crippen molar-refractivity contribution in [2.45, 2.75) is 44.4 Å². The molecule has 28 heavy (non-hydrogen) atoms. The molecule has 2 N–H and O–H groups in total. The quantitative estimate of drug-likeness (QED) is 0.552. The molecular weight excluding hydrogens is 394 g/mol. The van der Waals surface area contributed by atoms with Gasteiger partial charge in [0.15, 0.2) is 5.13 Å². The van der Waals surface area contributed by atoms with Crippen molar-refractivity contribution in [2.24, 2.45) is 0 Å². The molecule has 1 heterocycles. The molecule has 148 valence electrons. The fourth-order valence-electron chi connectivity index (χ4n) is 2.79. The zero-order valence-corrected chi connectivity index (χ0v) is 17.5. The van der Waals surface area contributed by atoms with E-state index in [2.05, 4.69) is 21.9 Å². The van der Waals surface area contributed by atoms with E-state index in [-0.39, 0.29) is 10.8 Å². The van der Waals surface area contributed by atoms with Crippen LogP contribution in [0.1, 0.15) is 38.7 Å². The van der Waals surface area contributed by atoms with Gasteiger partial charge in [-0.3, -0.25) is 9.52 Å². The molecular formula is C20H23N3O3S2. The van der Waals surface area contributed by atoms with Gasteiger partial charge >= 0.3 is 0 Å². The second kappa shape index (κ2) is 8.70. The van der Waals surface area contributed by atoms with Crippen LogP contribution in [0.25, 0.3) is 10.2 Å². The van der Waals surface area contributed by atoms with Crippen molar-refractivity contribution in [2.75, 3.05) is 10.0 Å². The Hall–Kier alpha value is -2.45. The van der Waals surface area contributed by atoms with Crippen molar-refractivity contribution in [3.8, 4) is 0 Å². The van der Waals surface area contributed by atoms with Crippen LogP contribution in [0.15, 0.2) is 47.4 Å². The molecule has 0 radical (unpaired) electrons. The van der Waals surface area contributed by atoms with E-state index < -0.39 is 10.0 Å². The highest BCUT2D eigenvalue weighted by atomic mass is 32.2. The lowest BCUT2D eigenvalue weighted by atomic mass is 10.1. The first-order valence-electron chi connectivity index (χ1n) is 9.23. The van der Waals surface area contributed by atoms with E-state index in [4.69, 9.17) is 0 Å². The van der Waals surface area contributed by atoms with Gasteiger partial charge < -0.3 is 5.32 Å². The van der Waals surface area contributed by atoms with E-state index in [1.807, 2.05) is 19.1 Å². The highest BCUT2D eigenvalue weighted by Crippen LogP contribution is 2.29. The van der Waals surface area contributed by atoms with Gasteiger partial charge in [-0.1, -0.05) is 43.7 Å². The predicted molar refractivity (Wildman–Crippen MR) is 114 cm³/mol. The lowest BCUT2D eigenvalue weighted by Gasteiger charge is -2.08. The highest BCUT2D eigenvalue weighted by molar-refractivity contribution is 7.92. The van der Waals surface area contributed by atoms with Crippen molar-refractivity contribution in [3.05, 3.63) is 48.0 Å². The molecule has 0 fully saturated rings. The monoisotopic (exact) mass is 417 g/mol. The van der Waals surface area contributed by atoms with Crippen LogP contribution in [0, 0.1) is 0 Å². The molecule has 2 aromatic carbocycles. The average molecular weight is 418 g/mol. The minimum Gasteiger partial charge on any atom is -0.302 e. The maximum Gasteiger partial charge on any atom is 0.261 e. The number of amides is 1. The van der Waals surface area contributed by atoms with Gasteiger partial charge in [-0.2, -0.15) is 0 Å². The average Bonchev–Trinajstić information content (AvgIpc) is 3.03. The molecule has 0 saturated carbocycles. The van der Waals surface area contributed by atoms with Crippen LogP contribution in [0.5, 0.6) is 0 Å². The number of carbonyl (C=O) groups is 1. The molecule has 0 bridgehead atoms. The van der Waals surface area contributed by atoms with Crippen LogP contribution in [0.2, 0.25) is 0 Å². The highest BCUT2D eigenvalue weighted by Gasteiger charge is 2.15. The Balaban J connectivity index is 1.78. The van der Waals surface area contributed by atoms with Crippen LogP contribution < -0.4 is 10.0 Å². The van der Waals surface area contributed by atoms with E-state index in [1.54, 1.807) is 30.3 Å². The van der Waals surface area contributed by atoms with Gasteiger partial charge in [0, 0.05) is 6.42 Å². The van der Waals surface area contributed by atoms with Crippen LogP contribution in [-0.4, -0.2) is 19.3 Å². The lowest BCUT2D eigenvalue weighted by Crippen LogP contribution is -2.12. The molecule has 0 aliphatic rings. The summed E-state index contributed by atoms with van der Waals surface area (Å²) >= 11 is 1.36. The molecule has 6 nitrogen and oxygen atoms in total. The number of benzene rings is 2. The number of nitrogens with zero attached hydrogens (tertiary/aromatic N) is 1. The Labute approximate surface area is 169 Å². The first-order chi connectivity index (χ1) is 13.4. The smallest absolute Gasteiger partial charge is 0.261 e. The number of thiazole rings is 1. The molecule has 3 rings (SSSR count). The van der Waals surface area contributed by atoms with Crippen LogP contribution in [0.3, 0.4) is 0 Å². The molecule has 0 atom stereocenters. The van der Waals surface area contributed by atoms with Crippen LogP contribution in [-0.2, 0) is 21.2 Å². The zero-order chi connectivity index (χ0) is 20.1. The van der Waals surface area contributed by atoms with Crippen molar-refractivity contribution in [3.63, 3.8) is 0 Å². The van der Waals surface area contributed by atoms with E-state index >= 15 is 0 Å². The zero-order valence-electron chi connectivity index (χ0n) is 15.9. The number of hydrogen-bond donors (Lipinski definition) is 2. The van der Waals surface area contributed by atoms with Gasteiger partial charge in [-0.05, 0) is 48.7 Å². The van der Waals surface area contributed by atoms with E-state index in [0.717, 1.165) is 29.5 Å². The summed E-state index contributed by atoms with van der Waals surface area (Å²) in [6.45, 7) is 4.02. The first-order valence-corrected chi connectivity index (χ1v) is 11.5. The molecule has 1 amide bonds. The first kappa shape index (κ1) is 20.3. The minimum atomic E-state index is -3.68. The molecule has 0 unspecified atom stereocenters. The number of anilines is 2. The second-order valence-corrected chi connectivity index (χ2v) is 9.21. The Morgan fingerprint density at radius 2 is 1.82 bits per heavy atom. The number of aromatic nitrogens is 1. The molecule has 8 heteroatoms. The molecule has 0 aliphatic heterocycles. The normalized spacial score (nSPS) is 11.5. The van der Waals surface area contributed by atoms with Gasteiger partial charge in [-0.25, -0.2) is 13.4 Å². The molecule has 0 spiro atoms. The fraction of sp³-hybridized carbons (Fsp3) is 0.300. The van der Waals surface area contributed by atoms with Crippen molar-refractivity contribution < 1.29 is 13.2 Å². The van der Waals surface area contributed by atoms with Gasteiger partial charge in [0.25, 0.3) is 10.0 Å². The summed E-state index contributed by atoms with van der Waals surface area (Å²) in [5.41, 5.74) is 2.18. The van der Waals surface area contributed by atoms with Crippen molar-refractivity contribution >= 4 is 48.3 Å². The molecule has 0 saturated heterocycles. The third-order valence-electron chi connectivity index (χ3n) is 4.14. The Morgan fingerprint density at radius 3 is 2.50 bits per heavy atom. The summed E-state index contributed by atoms with van der Waals surface area (Å²) in [5, 5.41) is 3.29. The molecule has 1 aromatic heterocycles. The number of sulfonamides is 1. The standard InChI is InChI=1S/C20H23N3O3S2/c1-3-5-14-7-10-16(11-8-14)28(25,26)23-15-9-12-18-17(13-15)21-20(27-18)22-19(24)6-4-2/h7-13,23H,3-6H2,1-2H3,(H,21,22,24). The second-order valence-electron chi connectivity index (χ2n) is 6.50.